The molecule has 2 N–H and O–H groups in total. The second-order valence-corrected chi connectivity index (χ2v) is 6.34. The Morgan fingerprint density at radius 2 is 2.18 bits per heavy atom. The van der Waals surface area contributed by atoms with Gasteiger partial charge < -0.3 is 5.32 Å². The number of allylic oxidation sites excluding steroid dienone is 1. The van der Waals surface area contributed by atoms with Gasteiger partial charge in [-0.25, -0.2) is 4.72 Å². The second-order valence-electron chi connectivity index (χ2n) is 4.45. The largest absolute Gasteiger partial charge is 0.319 e. The molecule has 1 aliphatic rings. The molecule has 0 aliphatic heterocycles. The molecule has 0 saturated heterocycles. The zero-order valence-corrected chi connectivity index (χ0v) is 11.2. The number of hydrogen-bond donors (Lipinski definition) is 2. The number of nitrogens with one attached hydrogen (secondary N) is 2. The molecule has 6 nitrogen and oxygen atoms in total. The lowest BCUT2D eigenvalue weighted by molar-refractivity contribution is -0.124. The van der Waals surface area contributed by atoms with Crippen LogP contribution in [0.3, 0.4) is 0 Å². The first kappa shape index (κ1) is 14.1. The molecule has 0 spiro atoms. The van der Waals surface area contributed by atoms with Gasteiger partial charge in [0.25, 0.3) is 0 Å². The second kappa shape index (κ2) is 4.75. The number of amides is 1. The topological polar surface area (TPSA) is 78.5 Å². The molecule has 1 fully saturated rings. The predicted molar refractivity (Wildman–Crippen MR) is 65.4 cm³/mol. The maximum Gasteiger partial charge on any atom is 0.303 e. The zero-order chi connectivity index (χ0) is 13.3. The average molecular weight is 261 g/mol. The molecule has 0 aromatic carbocycles. The van der Waals surface area contributed by atoms with Crippen LogP contribution in [0.1, 0.15) is 6.42 Å². The minimum atomic E-state index is -3.72. The lowest BCUT2D eigenvalue weighted by atomic mass is 10.0. The van der Waals surface area contributed by atoms with Crippen LogP contribution in [0.5, 0.6) is 0 Å². The Hall–Kier alpha value is -0.920. The van der Waals surface area contributed by atoms with Gasteiger partial charge in [0.2, 0.25) is 5.91 Å². The van der Waals surface area contributed by atoms with E-state index in [0.29, 0.717) is 13.0 Å². The predicted octanol–water partition coefficient (Wildman–Crippen LogP) is -0.679. The fraction of sp³-hybridized carbons (Fsp3) is 0.700. The third-order valence-corrected chi connectivity index (χ3v) is 4.47. The number of hydrogen-bond acceptors (Lipinski definition) is 4. The minimum absolute atomic E-state index is 0.0345. The van der Waals surface area contributed by atoms with Gasteiger partial charge in [0, 0.05) is 20.6 Å². The Bertz CT molecular complexity index is 419. The summed E-state index contributed by atoms with van der Waals surface area (Å²) in [4.78, 5) is 12.0. The van der Waals surface area contributed by atoms with E-state index in [1.807, 2.05) is 0 Å². The zero-order valence-electron chi connectivity index (χ0n) is 10.4. The summed E-state index contributed by atoms with van der Waals surface area (Å²) in [5, 5.41) is 2.91. The number of carbonyl (C=O) groups excluding carboxylic acids is 1. The number of rotatable bonds is 6. The Labute approximate surface area is 102 Å². The molecule has 1 aliphatic carbocycles. The van der Waals surface area contributed by atoms with E-state index in [0.717, 1.165) is 4.31 Å². The summed E-state index contributed by atoms with van der Waals surface area (Å²) in [5.74, 6) is -0.433. The van der Waals surface area contributed by atoms with Crippen LogP contribution in [0.15, 0.2) is 12.7 Å². The normalized spacial score (nSPS) is 27.9. The Morgan fingerprint density at radius 3 is 2.53 bits per heavy atom. The molecule has 0 aromatic rings. The van der Waals surface area contributed by atoms with Gasteiger partial charge in [-0.05, 0) is 19.4 Å². The molecule has 1 amide bonds. The van der Waals surface area contributed by atoms with Crippen LogP contribution in [0.2, 0.25) is 0 Å². The van der Waals surface area contributed by atoms with E-state index in [1.54, 1.807) is 13.1 Å². The van der Waals surface area contributed by atoms with E-state index in [4.69, 9.17) is 0 Å². The van der Waals surface area contributed by atoms with Crippen molar-refractivity contribution < 1.29 is 13.2 Å². The third kappa shape index (κ3) is 2.67. The van der Waals surface area contributed by atoms with Gasteiger partial charge in [0.05, 0.1) is 5.41 Å². The number of nitrogens with zero attached hydrogens (tertiary/aromatic N) is 1. The molecule has 0 bridgehead atoms. The van der Waals surface area contributed by atoms with Crippen LogP contribution >= 0.6 is 0 Å². The van der Waals surface area contributed by atoms with Gasteiger partial charge >= 0.3 is 10.2 Å². The van der Waals surface area contributed by atoms with Crippen molar-refractivity contribution in [2.45, 2.75) is 6.42 Å². The van der Waals surface area contributed by atoms with Crippen LogP contribution in [-0.2, 0) is 15.0 Å². The monoisotopic (exact) mass is 261 g/mol. The maximum atomic E-state index is 12.0. The van der Waals surface area contributed by atoms with Gasteiger partial charge in [-0.3, -0.25) is 4.79 Å². The molecule has 0 heterocycles. The van der Waals surface area contributed by atoms with Gasteiger partial charge in [-0.2, -0.15) is 12.7 Å². The summed E-state index contributed by atoms with van der Waals surface area (Å²) in [5.41, 5.74) is -0.667. The van der Waals surface area contributed by atoms with Crippen LogP contribution < -0.4 is 10.0 Å². The van der Waals surface area contributed by atoms with Crippen molar-refractivity contribution in [3.8, 4) is 0 Å². The highest BCUT2D eigenvalue weighted by molar-refractivity contribution is 7.87. The minimum Gasteiger partial charge on any atom is -0.319 e. The van der Waals surface area contributed by atoms with Crippen molar-refractivity contribution in [3.63, 3.8) is 0 Å². The summed E-state index contributed by atoms with van der Waals surface area (Å²) in [6, 6.07) is 0. The first-order valence-electron chi connectivity index (χ1n) is 5.32. The molecule has 0 aromatic heterocycles. The smallest absolute Gasteiger partial charge is 0.303 e. The molecule has 1 rings (SSSR count). The third-order valence-electron chi connectivity index (χ3n) is 3.07. The van der Waals surface area contributed by atoms with Crippen LogP contribution in [0.4, 0.5) is 0 Å². The van der Waals surface area contributed by atoms with Crippen molar-refractivity contribution in [1.82, 2.24) is 14.3 Å². The van der Waals surface area contributed by atoms with Crippen LogP contribution in [0, 0.1) is 11.3 Å². The van der Waals surface area contributed by atoms with E-state index in [-0.39, 0.29) is 5.92 Å². The molecule has 0 radical (unpaired) electrons. The van der Waals surface area contributed by atoms with Crippen molar-refractivity contribution in [2.24, 2.45) is 11.3 Å². The van der Waals surface area contributed by atoms with Crippen LogP contribution in [0.25, 0.3) is 0 Å². The van der Waals surface area contributed by atoms with Gasteiger partial charge in [0.1, 0.15) is 0 Å². The molecular formula is C10H19N3O3S. The van der Waals surface area contributed by atoms with E-state index >= 15 is 0 Å². The highest BCUT2D eigenvalue weighted by Gasteiger charge is 2.58. The molecule has 2 unspecified atom stereocenters. The van der Waals surface area contributed by atoms with Gasteiger partial charge in [0.15, 0.2) is 0 Å². The fourth-order valence-corrected chi connectivity index (χ4v) is 2.43. The first-order chi connectivity index (χ1) is 7.80. The highest BCUT2D eigenvalue weighted by Crippen LogP contribution is 2.53. The van der Waals surface area contributed by atoms with Crippen molar-refractivity contribution in [2.75, 3.05) is 27.7 Å². The Kier molecular flexibility index (Phi) is 3.95. The van der Waals surface area contributed by atoms with Crippen molar-refractivity contribution >= 4 is 16.1 Å². The number of carbonyl (C=O) groups is 1. The average Bonchev–Trinajstić information content (AvgIpc) is 2.92. The molecular weight excluding hydrogens is 242 g/mol. The summed E-state index contributed by atoms with van der Waals surface area (Å²) in [6.07, 6.45) is 2.32. The summed E-state index contributed by atoms with van der Waals surface area (Å²) in [6.45, 7) is 4.09. The van der Waals surface area contributed by atoms with Crippen molar-refractivity contribution in [1.29, 1.82) is 0 Å². The Morgan fingerprint density at radius 1 is 1.59 bits per heavy atom. The van der Waals surface area contributed by atoms with Crippen LogP contribution in [-0.4, -0.2) is 46.3 Å². The van der Waals surface area contributed by atoms with E-state index in [9.17, 15) is 13.2 Å². The molecule has 2 atom stereocenters. The summed E-state index contributed by atoms with van der Waals surface area (Å²) < 4.78 is 26.2. The standard InChI is InChI=1S/C10H19N3O3S/c1-5-8-6-10(8,7-11-2)9(14)12-17(15,16)13(3)4/h5,8,11H,1,6-7H2,2-4H3,(H,12,14). The lowest BCUT2D eigenvalue weighted by Crippen LogP contribution is -2.46. The maximum absolute atomic E-state index is 12.0. The summed E-state index contributed by atoms with van der Waals surface area (Å²) in [7, 11) is 0.758. The van der Waals surface area contributed by atoms with Gasteiger partial charge in [-0.1, -0.05) is 6.08 Å². The van der Waals surface area contributed by atoms with Gasteiger partial charge in [-0.15, -0.1) is 6.58 Å². The SMILES string of the molecule is C=CC1CC1(CNC)C(=O)NS(=O)(=O)N(C)C. The first-order valence-corrected chi connectivity index (χ1v) is 6.76. The molecule has 98 valence electrons. The van der Waals surface area contributed by atoms with E-state index in [1.165, 1.54) is 14.1 Å². The van der Waals surface area contributed by atoms with E-state index in [2.05, 4.69) is 16.6 Å². The Balaban J connectivity index is 2.80. The fourth-order valence-electron chi connectivity index (χ4n) is 1.81. The lowest BCUT2D eigenvalue weighted by Gasteiger charge is -2.18. The highest BCUT2D eigenvalue weighted by atomic mass is 32.2. The molecule has 1 saturated carbocycles. The van der Waals surface area contributed by atoms with Crippen molar-refractivity contribution in [3.05, 3.63) is 12.7 Å². The molecule has 17 heavy (non-hydrogen) atoms. The quantitative estimate of drug-likeness (QED) is 0.621. The summed E-state index contributed by atoms with van der Waals surface area (Å²) >= 11 is 0. The van der Waals surface area contributed by atoms with E-state index < -0.39 is 21.5 Å². The molecule has 7 heteroatoms.